The number of nitrogens with one attached hydrogen (secondary N) is 1. The molecule has 2 aromatic carbocycles. The molecule has 0 spiro atoms. The Bertz CT molecular complexity index is 888. The fraction of sp³-hybridized carbons (Fsp3) is 0.538. The Balaban J connectivity index is 1.85. The molecule has 1 nitrogen and oxygen atoms in total. The summed E-state index contributed by atoms with van der Waals surface area (Å²) in [5, 5.41) is 2.33. The number of hydrogen-bond donors (Lipinski definition) is 1. The maximum atomic E-state index is 4.28. The first kappa shape index (κ1) is 21.2. The van der Waals surface area contributed by atoms with Gasteiger partial charge in [0.25, 0.3) is 0 Å². The summed E-state index contributed by atoms with van der Waals surface area (Å²) < 4.78 is 0. The molecule has 1 N–H and O–H groups in total. The topological polar surface area (TPSA) is 12.0 Å². The molecule has 1 aliphatic carbocycles. The largest absolute Gasteiger partial charge is 0.329 e. The highest BCUT2D eigenvalue weighted by atomic mass is 32.2. The minimum atomic E-state index is -1.99. The van der Waals surface area contributed by atoms with Crippen LogP contribution in [0.4, 0.5) is 0 Å². The Hall–Kier alpha value is -1.03. The van der Waals surface area contributed by atoms with Crippen molar-refractivity contribution in [2.45, 2.75) is 81.7 Å². The van der Waals surface area contributed by atoms with E-state index < -0.39 is 8.24 Å². The normalized spacial score (nSPS) is 30.7. The molecule has 156 valence electrons. The Morgan fingerprint density at radius 1 is 0.966 bits per heavy atom. The number of fused-ring (bicyclic) bond motifs is 3. The van der Waals surface area contributed by atoms with Gasteiger partial charge in [-0.2, -0.15) is 0 Å². The van der Waals surface area contributed by atoms with Gasteiger partial charge in [-0.05, 0) is 66.9 Å². The van der Waals surface area contributed by atoms with Crippen LogP contribution in [0.3, 0.4) is 0 Å². The number of thioether (sulfide) groups is 1. The highest BCUT2D eigenvalue weighted by Gasteiger charge is 2.59. The monoisotopic (exact) mass is 423 g/mol. The van der Waals surface area contributed by atoms with E-state index >= 15 is 0 Å². The maximum Gasteiger partial charge on any atom is 0.159 e. The Labute approximate surface area is 183 Å². The zero-order valence-corrected chi connectivity index (χ0v) is 20.9. The van der Waals surface area contributed by atoms with Gasteiger partial charge in [0.15, 0.2) is 8.24 Å². The van der Waals surface area contributed by atoms with E-state index in [0.29, 0.717) is 16.7 Å². The van der Waals surface area contributed by atoms with Gasteiger partial charge in [0.05, 0.1) is 0 Å². The van der Waals surface area contributed by atoms with Gasteiger partial charge in [-0.15, -0.1) is 11.8 Å². The number of aryl methyl sites for hydroxylation is 1. The lowest BCUT2D eigenvalue weighted by Crippen LogP contribution is -2.68. The van der Waals surface area contributed by atoms with Crippen molar-refractivity contribution in [1.82, 2.24) is 4.98 Å². The molecule has 4 rings (SSSR count). The van der Waals surface area contributed by atoms with E-state index in [1.165, 1.54) is 4.90 Å². The Morgan fingerprint density at radius 2 is 1.62 bits per heavy atom. The third kappa shape index (κ3) is 3.53. The predicted octanol–water partition coefficient (Wildman–Crippen LogP) is 6.33. The van der Waals surface area contributed by atoms with Crippen molar-refractivity contribution in [1.29, 1.82) is 0 Å². The predicted molar refractivity (Wildman–Crippen MR) is 131 cm³/mol. The van der Waals surface area contributed by atoms with Crippen molar-refractivity contribution in [3.63, 3.8) is 0 Å². The van der Waals surface area contributed by atoms with Gasteiger partial charge in [-0.1, -0.05) is 69.8 Å². The van der Waals surface area contributed by atoms with E-state index in [1.54, 1.807) is 16.3 Å². The summed E-state index contributed by atoms with van der Waals surface area (Å²) in [5.41, 5.74) is 3.98. The zero-order chi connectivity index (χ0) is 21.0. The van der Waals surface area contributed by atoms with E-state index in [0.717, 1.165) is 18.3 Å². The van der Waals surface area contributed by atoms with Crippen LogP contribution in [0.15, 0.2) is 53.4 Å². The number of benzene rings is 2. The number of rotatable bonds is 4. The molecule has 6 unspecified atom stereocenters. The van der Waals surface area contributed by atoms with Gasteiger partial charge in [0.1, 0.15) is 0 Å². The van der Waals surface area contributed by atoms with Crippen molar-refractivity contribution < 1.29 is 0 Å². The molecule has 29 heavy (non-hydrogen) atoms. The summed E-state index contributed by atoms with van der Waals surface area (Å²) in [6.45, 7) is 17.1. The van der Waals surface area contributed by atoms with Gasteiger partial charge < -0.3 is 4.98 Å². The lowest BCUT2D eigenvalue weighted by atomic mass is 9.87. The van der Waals surface area contributed by atoms with Crippen LogP contribution in [0.1, 0.15) is 58.6 Å². The summed E-state index contributed by atoms with van der Waals surface area (Å²) in [4.78, 5) is 5.81. The van der Waals surface area contributed by atoms with E-state index in [2.05, 4.69) is 113 Å². The average molecular weight is 424 g/mol. The van der Waals surface area contributed by atoms with Crippen molar-refractivity contribution in [2.24, 2.45) is 11.8 Å². The molecule has 0 saturated heterocycles. The van der Waals surface area contributed by atoms with Crippen molar-refractivity contribution >= 4 is 25.2 Å². The second kappa shape index (κ2) is 7.58. The number of hydrogen-bond acceptors (Lipinski definition) is 2. The minimum absolute atomic E-state index is 0.110. The third-order valence-corrected chi connectivity index (χ3v) is 14.3. The van der Waals surface area contributed by atoms with Gasteiger partial charge in [-0.25, -0.2) is 0 Å². The van der Waals surface area contributed by atoms with E-state index in [4.69, 9.17) is 0 Å². The first-order chi connectivity index (χ1) is 13.7. The first-order valence-corrected chi connectivity index (χ1v) is 14.8. The summed E-state index contributed by atoms with van der Waals surface area (Å²) in [7, 11) is -1.99. The molecule has 1 aliphatic heterocycles. The van der Waals surface area contributed by atoms with Crippen LogP contribution in [-0.4, -0.2) is 19.0 Å². The molecule has 1 saturated carbocycles. The lowest BCUT2D eigenvalue weighted by Gasteiger charge is -2.45. The highest BCUT2D eigenvalue weighted by molar-refractivity contribution is 8.00. The summed E-state index contributed by atoms with van der Waals surface area (Å²) in [6.07, 6.45) is 1.11. The SMILES string of the molecule is CCc1ccccc1[Si](C)(NC(C)(C)C)C1C(C)C(C)C2c3ccccc3SC21. The van der Waals surface area contributed by atoms with Gasteiger partial charge >= 0.3 is 0 Å². The molecule has 1 heterocycles. The highest BCUT2D eigenvalue weighted by Crippen LogP contribution is 2.64. The first-order valence-electron chi connectivity index (χ1n) is 11.3. The van der Waals surface area contributed by atoms with Crippen LogP contribution in [-0.2, 0) is 6.42 Å². The van der Waals surface area contributed by atoms with Crippen LogP contribution in [0.25, 0.3) is 0 Å². The standard InChI is InChI=1S/C26H37NSSi/c1-8-19-13-9-12-16-22(19)29(7,27-26(4,5)6)25-18(3)17(2)23-20-14-10-11-15-21(20)28-24(23)25/h9-18,23-25,27H,8H2,1-7H3. The molecular formula is C26H37NSSi. The van der Waals surface area contributed by atoms with Crippen LogP contribution < -0.4 is 10.2 Å². The molecule has 1 fully saturated rings. The fourth-order valence-corrected chi connectivity index (χ4v) is 14.9. The van der Waals surface area contributed by atoms with Crippen LogP contribution >= 0.6 is 11.8 Å². The lowest BCUT2D eigenvalue weighted by molar-refractivity contribution is 0.414. The molecule has 0 aromatic heterocycles. The molecule has 3 heteroatoms. The summed E-state index contributed by atoms with van der Waals surface area (Å²) >= 11 is 2.18. The van der Waals surface area contributed by atoms with Crippen LogP contribution in [0.2, 0.25) is 12.1 Å². The quantitative estimate of drug-likeness (QED) is 0.576. The Morgan fingerprint density at radius 3 is 2.31 bits per heavy atom. The van der Waals surface area contributed by atoms with Gasteiger partial charge in [-0.3, -0.25) is 0 Å². The third-order valence-electron chi connectivity index (χ3n) is 7.47. The summed E-state index contributed by atoms with van der Waals surface area (Å²) in [5.74, 6) is 2.14. The fourth-order valence-electron chi connectivity index (χ4n) is 6.39. The second-order valence-electron chi connectivity index (χ2n) is 10.5. The molecule has 2 aromatic rings. The van der Waals surface area contributed by atoms with Crippen LogP contribution in [0, 0.1) is 11.8 Å². The van der Waals surface area contributed by atoms with E-state index in [9.17, 15) is 0 Å². The molecule has 2 aliphatic rings. The van der Waals surface area contributed by atoms with Gasteiger partial charge in [0, 0.05) is 21.6 Å². The average Bonchev–Trinajstić information content (AvgIpc) is 3.15. The van der Waals surface area contributed by atoms with E-state index in [-0.39, 0.29) is 5.54 Å². The molecule has 6 atom stereocenters. The molecule has 0 amide bonds. The summed E-state index contributed by atoms with van der Waals surface area (Å²) in [6, 6.07) is 18.5. The zero-order valence-electron chi connectivity index (χ0n) is 19.1. The van der Waals surface area contributed by atoms with Crippen molar-refractivity contribution in [2.75, 3.05) is 0 Å². The minimum Gasteiger partial charge on any atom is -0.329 e. The maximum absolute atomic E-state index is 4.28. The molecular weight excluding hydrogens is 386 g/mol. The second-order valence-corrected chi connectivity index (χ2v) is 15.6. The van der Waals surface area contributed by atoms with Crippen molar-refractivity contribution in [3.8, 4) is 0 Å². The van der Waals surface area contributed by atoms with Crippen molar-refractivity contribution in [3.05, 3.63) is 59.7 Å². The smallest absolute Gasteiger partial charge is 0.159 e. The molecule has 0 bridgehead atoms. The van der Waals surface area contributed by atoms with Crippen LogP contribution in [0.5, 0.6) is 0 Å². The Kier molecular flexibility index (Phi) is 5.55. The molecule has 0 radical (unpaired) electrons. The van der Waals surface area contributed by atoms with E-state index in [1.807, 2.05) is 0 Å². The van der Waals surface area contributed by atoms with Gasteiger partial charge in [0.2, 0.25) is 0 Å².